The van der Waals surface area contributed by atoms with Gasteiger partial charge < -0.3 is 20.9 Å². The number of hydrogen-bond acceptors (Lipinski definition) is 3. The zero-order chi connectivity index (χ0) is 18.2. The zero-order valence-corrected chi connectivity index (χ0v) is 16.5. The standard InChI is InChI=1S/C18H27BrN4O2/c1-13-5-8-23(9-6-13)10-7-20-18(25)21-12-17(24)22-16-4-3-15(19)11-14(16)2/h3-4,11,13H,5-10,12H2,1-2H3,(H,22,24)(H2,20,21,25). The van der Waals surface area contributed by atoms with Crippen molar-refractivity contribution in [2.75, 3.05) is 38.0 Å². The highest BCUT2D eigenvalue weighted by molar-refractivity contribution is 9.10. The van der Waals surface area contributed by atoms with Crippen molar-refractivity contribution in [2.24, 2.45) is 5.92 Å². The van der Waals surface area contributed by atoms with E-state index in [1.54, 1.807) is 0 Å². The predicted molar refractivity (Wildman–Crippen MR) is 104 cm³/mol. The van der Waals surface area contributed by atoms with E-state index in [-0.39, 0.29) is 18.5 Å². The van der Waals surface area contributed by atoms with Crippen molar-refractivity contribution >= 4 is 33.6 Å². The van der Waals surface area contributed by atoms with Gasteiger partial charge >= 0.3 is 6.03 Å². The lowest BCUT2D eigenvalue weighted by Crippen LogP contribution is -2.44. The van der Waals surface area contributed by atoms with Crippen LogP contribution in [0, 0.1) is 12.8 Å². The van der Waals surface area contributed by atoms with Crippen LogP contribution >= 0.6 is 15.9 Å². The van der Waals surface area contributed by atoms with Crippen molar-refractivity contribution in [3.63, 3.8) is 0 Å². The van der Waals surface area contributed by atoms with Gasteiger partial charge in [-0.1, -0.05) is 22.9 Å². The number of halogens is 1. The fraction of sp³-hybridized carbons (Fsp3) is 0.556. The Labute approximate surface area is 157 Å². The fourth-order valence-electron chi connectivity index (χ4n) is 2.80. The second-order valence-electron chi connectivity index (χ2n) is 6.64. The summed E-state index contributed by atoms with van der Waals surface area (Å²) in [7, 11) is 0. The topological polar surface area (TPSA) is 73.5 Å². The smallest absolute Gasteiger partial charge is 0.315 e. The number of likely N-dealkylation sites (tertiary alicyclic amines) is 1. The minimum absolute atomic E-state index is 0.0530. The van der Waals surface area contributed by atoms with Crippen molar-refractivity contribution in [3.05, 3.63) is 28.2 Å². The van der Waals surface area contributed by atoms with Crippen molar-refractivity contribution < 1.29 is 9.59 Å². The van der Waals surface area contributed by atoms with Gasteiger partial charge in [0, 0.05) is 23.2 Å². The third kappa shape index (κ3) is 7.04. The van der Waals surface area contributed by atoms with Gasteiger partial charge in [0.2, 0.25) is 5.91 Å². The lowest BCUT2D eigenvalue weighted by Gasteiger charge is -2.30. The molecule has 25 heavy (non-hydrogen) atoms. The summed E-state index contributed by atoms with van der Waals surface area (Å²) in [5, 5.41) is 8.18. The Kier molecular flexibility index (Phi) is 7.71. The number of aryl methyl sites for hydroxylation is 1. The average Bonchev–Trinajstić information content (AvgIpc) is 2.57. The summed E-state index contributed by atoms with van der Waals surface area (Å²) >= 11 is 3.39. The molecule has 0 unspecified atom stereocenters. The molecule has 7 heteroatoms. The predicted octanol–water partition coefficient (Wildman–Crippen LogP) is 2.73. The van der Waals surface area contributed by atoms with Crippen LogP contribution in [-0.4, -0.2) is 49.6 Å². The first-order valence-electron chi connectivity index (χ1n) is 8.74. The molecule has 3 amide bonds. The van der Waals surface area contributed by atoms with Crippen LogP contribution < -0.4 is 16.0 Å². The SMILES string of the molecule is Cc1cc(Br)ccc1NC(=O)CNC(=O)NCCN1CCC(C)CC1. The number of benzene rings is 1. The van der Waals surface area contributed by atoms with Crippen LogP contribution in [0.1, 0.15) is 25.3 Å². The number of nitrogens with one attached hydrogen (secondary N) is 3. The van der Waals surface area contributed by atoms with Crippen LogP contribution in [-0.2, 0) is 4.79 Å². The normalized spacial score (nSPS) is 15.6. The Morgan fingerprint density at radius 1 is 1.24 bits per heavy atom. The second-order valence-corrected chi connectivity index (χ2v) is 7.56. The second kappa shape index (κ2) is 9.77. The third-order valence-corrected chi connectivity index (χ3v) is 4.96. The summed E-state index contributed by atoms with van der Waals surface area (Å²) in [5.41, 5.74) is 1.71. The summed E-state index contributed by atoms with van der Waals surface area (Å²) in [6.07, 6.45) is 2.45. The van der Waals surface area contributed by atoms with E-state index in [0.29, 0.717) is 6.54 Å². The maximum atomic E-state index is 11.9. The monoisotopic (exact) mass is 410 g/mol. The number of piperidine rings is 1. The number of amides is 3. The zero-order valence-electron chi connectivity index (χ0n) is 14.9. The highest BCUT2D eigenvalue weighted by Gasteiger charge is 2.15. The van der Waals surface area contributed by atoms with E-state index in [4.69, 9.17) is 0 Å². The van der Waals surface area contributed by atoms with Crippen molar-refractivity contribution in [1.29, 1.82) is 0 Å². The van der Waals surface area contributed by atoms with Gasteiger partial charge in [0.15, 0.2) is 0 Å². The molecule has 1 saturated heterocycles. The van der Waals surface area contributed by atoms with Crippen molar-refractivity contribution in [3.8, 4) is 0 Å². The van der Waals surface area contributed by atoms with Gasteiger partial charge in [-0.05, 0) is 62.5 Å². The molecular weight excluding hydrogens is 384 g/mol. The van der Waals surface area contributed by atoms with Gasteiger partial charge in [0.1, 0.15) is 0 Å². The van der Waals surface area contributed by atoms with Crippen LogP contribution in [0.5, 0.6) is 0 Å². The number of carbonyl (C=O) groups excluding carboxylic acids is 2. The Bertz CT molecular complexity index is 601. The molecule has 0 saturated carbocycles. The molecule has 6 nitrogen and oxygen atoms in total. The van der Waals surface area contributed by atoms with Gasteiger partial charge in [0.25, 0.3) is 0 Å². The maximum absolute atomic E-state index is 11.9. The molecule has 0 atom stereocenters. The number of rotatable bonds is 6. The summed E-state index contributed by atoms with van der Waals surface area (Å²) < 4.78 is 0.962. The fourth-order valence-corrected chi connectivity index (χ4v) is 3.27. The quantitative estimate of drug-likeness (QED) is 0.674. The molecule has 0 spiro atoms. The van der Waals surface area contributed by atoms with Gasteiger partial charge in [-0.3, -0.25) is 4.79 Å². The highest BCUT2D eigenvalue weighted by Crippen LogP contribution is 2.19. The molecule has 3 N–H and O–H groups in total. The largest absolute Gasteiger partial charge is 0.337 e. The highest BCUT2D eigenvalue weighted by atomic mass is 79.9. The molecule has 1 aliphatic rings. The van der Waals surface area contributed by atoms with Gasteiger partial charge in [-0.15, -0.1) is 0 Å². The Morgan fingerprint density at radius 2 is 1.96 bits per heavy atom. The minimum Gasteiger partial charge on any atom is -0.337 e. The molecule has 0 bridgehead atoms. The molecule has 2 rings (SSSR count). The molecule has 1 fully saturated rings. The number of anilines is 1. The van der Waals surface area contributed by atoms with Crippen LogP contribution in [0.2, 0.25) is 0 Å². The van der Waals surface area contributed by atoms with Crippen LogP contribution in [0.25, 0.3) is 0 Å². The van der Waals surface area contributed by atoms with Crippen LogP contribution in [0.4, 0.5) is 10.5 Å². The lowest BCUT2D eigenvalue weighted by molar-refractivity contribution is -0.115. The Hall–Kier alpha value is -1.60. The molecule has 0 aromatic heterocycles. The molecule has 0 aliphatic carbocycles. The average molecular weight is 411 g/mol. The number of urea groups is 1. The van der Waals surface area contributed by atoms with Gasteiger partial charge in [0.05, 0.1) is 6.54 Å². The molecular formula is C18H27BrN4O2. The van der Waals surface area contributed by atoms with E-state index in [9.17, 15) is 9.59 Å². The summed E-state index contributed by atoms with van der Waals surface area (Å²) in [6, 6.07) is 5.31. The first kappa shape index (κ1) is 19.7. The Morgan fingerprint density at radius 3 is 2.64 bits per heavy atom. The van der Waals surface area contributed by atoms with Crippen molar-refractivity contribution in [1.82, 2.24) is 15.5 Å². The van der Waals surface area contributed by atoms with Gasteiger partial charge in [-0.25, -0.2) is 4.79 Å². The number of carbonyl (C=O) groups is 2. The van der Waals surface area contributed by atoms with Crippen LogP contribution in [0.3, 0.4) is 0 Å². The summed E-state index contributed by atoms with van der Waals surface area (Å²) in [4.78, 5) is 26.1. The molecule has 1 aliphatic heterocycles. The number of hydrogen-bond donors (Lipinski definition) is 3. The lowest BCUT2D eigenvalue weighted by atomic mass is 9.99. The molecule has 1 aromatic rings. The third-order valence-electron chi connectivity index (χ3n) is 4.46. The van der Waals surface area contributed by atoms with Crippen molar-refractivity contribution in [2.45, 2.75) is 26.7 Å². The van der Waals surface area contributed by atoms with E-state index < -0.39 is 0 Å². The van der Waals surface area contributed by atoms with E-state index in [1.807, 2.05) is 25.1 Å². The van der Waals surface area contributed by atoms with E-state index in [2.05, 4.69) is 43.7 Å². The molecule has 0 radical (unpaired) electrons. The van der Waals surface area contributed by atoms with Gasteiger partial charge in [-0.2, -0.15) is 0 Å². The first-order chi connectivity index (χ1) is 11.9. The number of nitrogens with zero attached hydrogens (tertiary/aromatic N) is 1. The Balaban J connectivity index is 1.61. The van der Waals surface area contributed by atoms with E-state index in [1.165, 1.54) is 12.8 Å². The minimum atomic E-state index is -0.312. The first-order valence-corrected chi connectivity index (χ1v) is 9.53. The molecule has 138 valence electrons. The summed E-state index contributed by atoms with van der Waals surface area (Å²) in [5.74, 6) is 0.561. The summed E-state index contributed by atoms with van der Waals surface area (Å²) in [6.45, 7) is 7.78. The van der Waals surface area contributed by atoms with E-state index in [0.717, 1.165) is 41.3 Å². The van der Waals surface area contributed by atoms with E-state index >= 15 is 0 Å². The van der Waals surface area contributed by atoms with Crippen LogP contribution in [0.15, 0.2) is 22.7 Å². The molecule has 1 heterocycles. The maximum Gasteiger partial charge on any atom is 0.315 e. The molecule has 1 aromatic carbocycles.